The van der Waals surface area contributed by atoms with Gasteiger partial charge in [0.1, 0.15) is 0 Å². The van der Waals surface area contributed by atoms with Crippen molar-refractivity contribution < 1.29 is 17.6 Å². The Labute approximate surface area is 207 Å². The number of aryl methyl sites for hydroxylation is 2. The van der Waals surface area contributed by atoms with Crippen LogP contribution < -0.4 is 5.32 Å². The molecule has 0 fully saturated rings. The second kappa shape index (κ2) is 11.1. The number of aromatic nitrogens is 2. The van der Waals surface area contributed by atoms with Crippen molar-refractivity contribution in [3.8, 4) is 0 Å². The van der Waals surface area contributed by atoms with Crippen molar-refractivity contribution in [1.29, 1.82) is 0 Å². The smallest absolute Gasteiger partial charge is 0.322 e. The quantitative estimate of drug-likeness (QED) is 0.429. The van der Waals surface area contributed by atoms with Crippen molar-refractivity contribution in [3.05, 3.63) is 70.6 Å². The molecule has 1 heterocycles. The maximum atomic E-state index is 13.2. The van der Waals surface area contributed by atoms with Gasteiger partial charge in [-0.2, -0.15) is 4.31 Å². The first kappa shape index (κ1) is 26.6. The molecule has 0 saturated heterocycles. The van der Waals surface area contributed by atoms with E-state index < -0.39 is 15.9 Å². The number of benzene rings is 2. The van der Waals surface area contributed by atoms with E-state index in [4.69, 9.17) is 4.42 Å². The average molecular weight is 499 g/mol. The predicted molar refractivity (Wildman–Crippen MR) is 136 cm³/mol. The van der Waals surface area contributed by atoms with Crippen LogP contribution in [0.15, 0.2) is 51.8 Å². The summed E-state index contributed by atoms with van der Waals surface area (Å²) in [6.07, 6.45) is 0.463. The number of amides is 1. The molecule has 0 radical (unpaired) electrons. The Bertz CT molecular complexity index is 1250. The second-order valence-corrected chi connectivity index (χ2v) is 11.6. The molecule has 0 aliphatic rings. The third kappa shape index (κ3) is 6.99. The Morgan fingerprint density at radius 2 is 1.60 bits per heavy atom. The Hall–Kier alpha value is -3.04. The van der Waals surface area contributed by atoms with Gasteiger partial charge in [-0.25, -0.2) is 8.42 Å². The molecule has 3 rings (SSSR count). The number of nitrogens with one attached hydrogen (secondary N) is 1. The van der Waals surface area contributed by atoms with Crippen LogP contribution in [0.25, 0.3) is 0 Å². The molecule has 0 aliphatic carbocycles. The summed E-state index contributed by atoms with van der Waals surface area (Å²) in [6, 6.07) is 12.0. The van der Waals surface area contributed by atoms with Gasteiger partial charge in [0.2, 0.25) is 15.9 Å². The molecule has 0 atom stereocenters. The summed E-state index contributed by atoms with van der Waals surface area (Å²) in [5, 5.41) is 10.5. The molecule has 0 aliphatic heterocycles. The predicted octanol–water partition coefficient (Wildman–Crippen LogP) is 4.83. The van der Waals surface area contributed by atoms with E-state index in [-0.39, 0.29) is 28.3 Å². The van der Waals surface area contributed by atoms with Crippen LogP contribution in [0.1, 0.15) is 60.6 Å². The molecule has 8 nitrogen and oxygen atoms in total. The van der Waals surface area contributed by atoms with Crippen LogP contribution in [0.3, 0.4) is 0 Å². The van der Waals surface area contributed by atoms with E-state index in [0.29, 0.717) is 25.4 Å². The van der Waals surface area contributed by atoms with Crippen molar-refractivity contribution in [2.24, 2.45) is 11.8 Å². The van der Waals surface area contributed by atoms with E-state index in [1.807, 2.05) is 53.7 Å². The number of nitrogens with zero attached hydrogens (tertiary/aromatic N) is 3. The van der Waals surface area contributed by atoms with Gasteiger partial charge in [0.25, 0.3) is 5.91 Å². The minimum Gasteiger partial charge on any atom is -0.407 e. The zero-order valence-electron chi connectivity index (χ0n) is 21.2. The molecule has 0 unspecified atom stereocenters. The van der Waals surface area contributed by atoms with Crippen molar-refractivity contribution in [2.75, 3.05) is 18.4 Å². The highest BCUT2D eigenvalue weighted by Gasteiger charge is 2.26. The first-order valence-corrected chi connectivity index (χ1v) is 13.2. The summed E-state index contributed by atoms with van der Waals surface area (Å²) >= 11 is 0. The van der Waals surface area contributed by atoms with Crippen molar-refractivity contribution >= 4 is 21.9 Å². The van der Waals surface area contributed by atoms with Gasteiger partial charge in [0, 0.05) is 18.7 Å². The molecule has 0 saturated carbocycles. The molecule has 1 amide bonds. The van der Waals surface area contributed by atoms with Gasteiger partial charge in [-0.05, 0) is 61.1 Å². The molecule has 1 aromatic heterocycles. The number of rotatable bonds is 10. The van der Waals surface area contributed by atoms with Gasteiger partial charge in [-0.1, -0.05) is 56.6 Å². The Kier molecular flexibility index (Phi) is 8.45. The lowest BCUT2D eigenvalue weighted by Crippen LogP contribution is -2.37. The monoisotopic (exact) mass is 498 g/mol. The SMILES string of the molecule is Cc1ccc(Cc2nnc(NC(=O)c3ccc(S(=O)(=O)N(CC(C)C)CC(C)C)cc3)o2)c(C)c1. The summed E-state index contributed by atoms with van der Waals surface area (Å²) in [5.74, 6) is 0.326. The highest BCUT2D eigenvalue weighted by Crippen LogP contribution is 2.20. The van der Waals surface area contributed by atoms with E-state index in [0.717, 1.165) is 11.1 Å². The topological polar surface area (TPSA) is 105 Å². The molecule has 2 aromatic carbocycles. The largest absolute Gasteiger partial charge is 0.407 e. The van der Waals surface area contributed by atoms with E-state index in [1.54, 1.807) is 0 Å². The number of carbonyl (C=O) groups is 1. The third-order valence-electron chi connectivity index (χ3n) is 5.42. The Balaban J connectivity index is 1.69. The maximum Gasteiger partial charge on any atom is 0.322 e. The lowest BCUT2D eigenvalue weighted by Gasteiger charge is -2.25. The van der Waals surface area contributed by atoms with Crippen LogP contribution in [0.2, 0.25) is 0 Å². The van der Waals surface area contributed by atoms with Crippen molar-refractivity contribution in [2.45, 2.75) is 52.9 Å². The Morgan fingerprint density at radius 1 is 0.971 bits per heavy atom. The fraction of sp³-hybridized carbons (Fsp3) is 0.423. The molecule has 0 bridgehead atoms. The average Bonchev–Trinajstić information content (AvgIpc) is 3.21. The number of hydrogen-bond acceptors (Lipinski definition) is 6. The molecule has 35 heavy (non-hydrogen) atoms. The minimum absolute atomic E-state index is 0.00787. The summed E-state index contributed by atoms with van der Waals surface area (Å²) in [5.41, 5.74) is 3.66. The van der Waals surface area contributed by atoms with Crippen LogP contribution in [0, 0.1) is 25.7 Å². The first-order chi connectivity index (χ1) is 16.5. The summed E-state index contributed by atoms with van der Waals surface area (Å²) in [6.45, 7) is 12.9. The fourth-order valence-electron chi connectivity index (χ4n) is 3.76. The molecular weight excluding hydrogens is 464 g/mol. The standard InChI is InChI=1S/C26H34N4O4S/c1-17(2)15-30(16-18(3)4)35(32,33)23-11-9-21(10-12-23)25(31)27-26-29-28-24(34-26)14-22-8-7-19(5)13-20(22)6/h7-13,17-18H,14-16H2,1-6H3,(H,27,29,31). The van der Waals surface area contributed by atoms with Crippen LogP contribution in [0.5, 0.6) is 0 Å². The van der Waals surface area contributed by atoms with Crippen LogP contribution in [-0.2, 0) is 16.4 Å². The lowest BCUT2D eigenvalue weighted by molar-refractivity contribution is 0.102. The zero-order valence-corrected chi connectivity index (χ0v) is 22.0. The van der Waals surface area contributed by atoms with E-state index in [1.165, 1.54) is 34.1 Å². The number of sulfonamides is 1. The third-order valence-corrected chi connectivity index (χ3v) is 7.26. The first-order valence-electron chi connectivity index (χ1n) is 11.8. The summed E-state index contributed by atoms with van der Waals surface area (Å²) in [4.78, 5) is 12.8. The molecule has 1 N–H and O–H groups in total. The van der Waals surface area contributed by atoms with E-state index in [9.17, 15) is 13.2 Å². The van der Waals surface area contributed by atoms with Gasteiger partial charge in [0.15, 0.2) is 0 Å². The van der Waals surface area contributed by atoms with Crippen LogP contribution in [-0.4, -0.2) is 41.9 Å². The molecular formula is C26H34N4O4S. The van der Waals surface area contributed by atoms with Crippen LogP contribution >= 0.6 is 0 Å². The van der Waals surface area contributed by atoms with Gasteiger partial charge < -0.3 is 4.42 Å². The summed E-state index contributed by atoms with van der Waals surface area (Å²) in [7, 11) is -3.66. The number of carbonyl (C=O) groups excluding carboxylic acids is 1. The zero-order chi connectivity index (χ0) is 25.8. The van der Waals surface area contributed by atoms with Gasteiger partial charge in [-0.15, -0.1) is 5.10 Å². The van der Waals surface area contributed by atoms with Crippen molar-refractivity contribution in [1.82, 2.24) is 14.5 Å². The molecule has 0 spiro atoms. The normalized spacial score (nSPS) is 12.0. The lowest BCUT2D eigenvalue weighted by atomic mass is 10.0. The number of hydrogen-bond donors (Lipinski definition) is 1. The second-order valence-electron chi connectivity index (χ2n) is 9.70. The van der Waals surface area contributed by atoms with Crippen molar-refractivity contribution in [3.63, 3.8) is 0 Å². The van der Waals surface area contributed by atoms with E-state index >= 15 is 0 Å². The van der Waals surface area contributed by atoms with Gasteiger partial charge in [-0.3, -0.25) is 10.1 Å². The van der Waals surface area contributed by atoms with Gasteiger partial charge in [0.05, 0.1) is 11.3 Å². The highest BCUT2D eigenvalue weighted by atomic mass is 32.2. The Morgan fingerprint density at radius 3 is 2.17 bits per heavy atom. The molecule has 3 aromatic rings. The minimum atomic E-state index is -3.66. The highest BCUT2D eigenvalue weighted by molar-refractivity contribution is 7.89. The van der Waals surface area contributed by atoms with Crippen LogP contribution in [0.4, 0.5) is 6.01 Å². The molecule has 9 heteroatoms. The molecule has 188 valence electrons. The maximum absolute atomic E-state index is 13.2. The van der Waals surface area contributed by atoms with E-state index in [2.05, 4.69) is 21.6 Å². The van der Waals surface area contributed by atoms with Gasteiger partial charge >= 0.3 is 6.01 Å². The fourth-order valence-corrected chi connectivity index (χ4v) is 5.53. The number of anilines is 1. The summed E-state index contributed by atoms with van der Waals surface area (Å²) < 4.78 is 33.4.